The molecule has 2 heterocycles. The van der Waals surface area contributed by atoms with Crippen LogP contribution < -0.4 is 5.32 Å². The zero-order valence-electron chi connectivity index (χ0n) is 14.4. The molecule has 0 atom stereocenters. The summed E-state index contributed by atoms with van der Waals surface area (Å²) in [7, 11) is -3.48. The highest BCUT2D eigenvalue weighted by atomic mass is 79.9. The molecule has 0 saturated carbocycles. The summed E-state index contributed by atoms with van der Waals surface area (Å²) < 4.78 is 27.6. The summed E-state index contributed by atoms with van der Waals surface area (Å²) in [5.74, 6) is -0.196. The molecule has 1 saturated heterocycles. The summed E-state index contributed by atoms with van der Waals surface area (Å²) in [6.07, 6.45) is 4.29. The fourth-order valence-corrected chi connectivity index (χ4v) is 4.74. The molecular formula is C18H20BrN3O3S. The molecule has 1 amide bonds. The zero-order chi connectivity index (χ0) is 18.7. The third-order valence-corrected chi connectivity index (χ3v) is 6.76. The van der Waals surface area contributed by atoms with Gasteiger partial charge in [-0.3, -0.25) is 9.78 Å². The second kappa shape index (κ2) is 7.85. The van der Waals surface area contributed by atoms with Gasteiger partial charge in [0.1, 0.15) is 0 Å². The molecule has 138 valence electrons. The second-order valence-corrected chi connectivity index (χ2v) is 9.21. The molecule has 0 bridgehead atoms. The molecule has 0 aliphatic carbocycles. The molecule has 1 aromatic carbocycles. The maximum atomic E-state index is 12.7. The van der Waals surface area contributed by atoms with Gasteiger partial charge in [-0.2, -0.15) is 4.31 Å². The Balaban J connectivity index is 1.60. The van der Waals surface area contributed by atoms with Gasteiger partial charge in [-0.15, -0.1) is 0 Å². The molecule has 0 radical (unpaired) electrons. The van der Waals surface area contributed by atoms with Gasteiger partial charge in [0, 0.05) is 36.0 Å². The standard InChI is InChI=1S/C18H20BrN3O3S/c1-13-2-4-17(5-3-13)26(24,25)22-8-6-16(7-9-22)21-18(23)14-10-15(19)12-20-11-14/h2-5,10-12,16H,6-9H2,1H3,(H,21,23). The highest BCUT2D eigenvalue weighted by Crippen LogP contribution is 2.21. The Hall–Kier alpha value is -1.77. The van der Waals surface area contributed by atoms with Gasteiger partial charge in [0.05, 0.1) is 10.5 Å². The van der Waals surface area contributed by atoms with Crippen molar-refractivity contribution in [1.29, 1.82) is 0 Å². The lowest BCUT2D eigenvalue weighted by atomic mass is 10.1. The summed E-state index contributed by atoms with van der Waals surface area (Å²) in [6.45, 7) is 2.70. The second-order valence-electron chi connectivity index (χ2n) is 6.36. The monoisotopic (exact) mass is 437 g/mol. The number of hydrogen-bond donors (Lipinski definition) is 1. The Morgan fingerprint density at radius 2 is 1.85 bits per heavy atom. The number of carbonyl (C=O) groups excluding carboxylic acids is 1. The fraction of sp³-hybridized carbons (Fsp3) is 0.333. The highest BCUT2D eigenvalue weighted by Gasteiger charge is 2.30. The van der Waals surface area contributed by atoms with Crippen LogP contribution in [0.2, 0.25) is 0 Å². The van der Waals surface area contributed by atoms with Gasteiger partial charge in [-0.25, -0.2) is 8.42 Å². The molecule has 8 heteroatoms. The van der Waals surface area contributed by atoms with Crippen LogP contribution in [0.25, 0.3) is 0 Å². The minimum atomic E-state index is -3.48. The van der Waals surface area contributed by atoms with Crippen molar-refractivity contribution in [2.45, 2.75) is 30.7 Å². The van der Waals surface area contributed by atoms with Crippen LogP contribution in [0.1, 0.15) is 28.8 Å². The van der Waals surface area contributed by atoms with E-state index in [1.165, 1.54) is 10.5 Å². The number of hydrogen-bond acceptors (Lipinski definition) is 4. The first kappa shape index (κ1) is 19.0. The van der Waals surface area contributed by atoms with Gasteiger partial charge >= 0.3 is 0 Å². The number of nitrogens with one attached hydrogen (secondary N) is 1. The lowest BCUT2D eigenvalue weighted by Gasteiger charge is -2.31. The van der Waals surface area contributed by atoms with Crippen molar-refractivity contribution < 1.29 is 13.2 Å². The predicted molar refractivity (Wildman–Crippen MR) is 102 cm³/mol. The van der Waals surface area contributed by atoms with Gasteiger partial charge in [-0.05, 0) is 53.9 Å². The van der Waals surface area contributed by atoms with Crippen molar-refractivity contribution in [2.75, 3.05) is 13.1 Å². The molecule has 1 aliphatic rings. The van der Waals surface area contributed by atoms with Crippen LogP contribution in [0.5, 0.6) is 0 Å². The molecule has 1 aromatic heterocycles. The van der Waals surface area contributed by atoms with Crippen LogP contribution >= 0.6 is 15.9 Å². The molecule has 6 nitrogen and oxygen atoms in total. The number of halogens is 1. The van der Waals surface area contributed by atoms with Crippen LogP contribution in [-0.4, -0.2) is 42.7 Å². The Kier molecular flexibility index (Phi) is 5.74. The minimum Gasteiger partial charge on any atom is -0.349 e. The number of amides is 1. The van der Waals surface area contributed by atoms with Crippen molar-refractivity contribution >= 4 is 31.9 Å². The number of nitrogens with zero attached hydrogens (tertiary/aromatic N) is 2. The molecule has 26 heavy (non-hydrogen) atoms. The Bertz CT molecular complexity index is 892. The fourth-order valence-electron chi connectivity index (χ4n) is 2.90. The first-order valence-electron chi connectivity index (χ1n) is 8.34. The Morgan fingerprint density at radius 3 is 2.46 bits per heavy atom. The summed E-state index contributed by atoms with van der Waals surface area (Å²) in [6, 6.07) is 8.53. The Morgan fingerprint density at radius 1 is 1.19 bits per heavy atom. The number of aryl methyl sites for hydroxylation is 1. The van der Waals surface area contributed by atoms with E-state index in [1.807, 2.05) is 6.92 Å². The average Bonchev–Trinajstić information content (AvgIpc) is 2.62. The number of piperidine rings is 1. The van der Waals surface area contributed by atoms with Crippen LogP contribution in [0, 0.1) is 6.92 Å². The van der Waals surface area contributed by atoms with Crippen LogP contribution in [0.3, 0.4) is 0 Å². The average molecular weight is 438 g/mol. The molecular weight excluding hydrogens is 418 g/mol. The van der Waals surface area contributed by atoms with E-state index >= 15 is 0 Å². The first-order chi connectivity index (χ1) is 12.4. The van der Waals surface area contributed by atoms with E-state index in [1.54, 1.807) is 36.5 Å². The number of pyridine rings is 1. The van der Waals surface area contributed by atoms with E-state index in [-0.39, 0.29) is 11.9 Å². The van der Waals surface area contributed by atoms with Gasteiger partial charge in [-0.1, -0.05) is 17.7 Å². The van der Waals surface area contributed by atoms with Crippen molar-refractivity contribution in [1.82, 2.24) is 14.6 Å². The lowest BCUT2D eigenvalue weighted by Crippen LogP contribution is -2.46. The lowest BCUT2D eigenvalue weighted by molar-refractivity contribution is 0.0923. The summed E-state index contributed by atoms with van der Waals surface area (Å²) >= 11 is 3.30. The quantitative estimate of drug-likeness (QED) is 0.797. The van der Waals surface area contributed by atoms with E-state index < -0.39 is 10.0 Å². The zero-order valence-corrected chi connectivity index (χ0v) is 16.8. The minimum absolute atomic E-state index is 0.0500. The molecule has 2 aromatic rings. The van der Waals surface area contributed by atoms with Gasteiger partial charge in [0.2, 0.25) is 10.0 Å². The van der Waals surface area contributed by atoms with Gasteiger partial charge in [0.15, 0.2) is 0 Å². The SMILES string of the molecule is Cc1ccc(S(=O)(=O)N2CCC(NC(=O)c3cncc(Br)c3)CC2)cc1. The number of sulfonamides is 1. The van der Waals surface area contributed by atoms with Gasteiger partial charge in [0.25, 0.3) is 5.91 Å². The molecule has 3 rings (SSSR count). The van der Waals surface area contributed by atoms with E-state index in [4.69, 9.17) is 0 Å². The van der Waals surface area contributed by atoms with E-state index in [2.05, 4.69) is 26.2 Å². The number of aromatic nitrogens is 1. The van der Waals surface area contributed by atoms with E-state index in [0.717, 1.165) is 10.0 Å². The maximum Gasteiger partial charge on any atom is 0.253 e. The maximum absolute atomic E-state index is 12.7. The largest absolute Gasteiger partial charge is 0.349 e. The third kappa shape index (κ3) is 4.31. The van der Waals surface area contributed by atoms with Crippen molar-refractivity contribution in [3.63, 3.8) is 0 Å². The summed E-state index contributed by atoms with van der Waals surface area (Å²) in [4.78, 5) is 16.6. The van der Waals surface area contributed by atoms with Crippen LogP contribution in [0.15, 0.2) is 52.1 Å². The molecule has 1 fully saturated rings. The highest BCUT2D eigenvalue weighted by molar-refractivity contribution is 9.10. The number of rotatable bonds is 4. The summed E-state index contributed by atoms with van der Waals surface area (Å²) in [5, 5.41) is 2.96. The number of benzene rings is 1. The summed E-state index contributed by atoms with van der Waals surface area (Å²) in [5.41, 5.74) is 1.50. The molecule has 0 spiro atoms. The molecule has 1 aliphatic heterocycles. The third-order valence-electron chi connectivity index (χ3n) is 4.41. The predicted octanol–water partition coefficient (Wildman–Crippen LogP) is 2.74. The topological polar surface area (TPSA) is 79.4 Å². The van der Waals surface area contributed by atoms with Crippen molar-refractivity contribution in [3.8, 4) is 0 Å². The van der Waals surface area contributed by atoms with Crippen molar-refractivity contribution in [2.24, 2.45) is 0 Å². The normalized spacial score (nSPS) is 16.4. The van der Waals surface area contributed by atoms with Crippen molar-refractivity contribution in [3.05, 3.63) is 58.3 Å². The Labute approximate surface area is 161 Å². The van der Waals surface area contributed by atoms with Gasteiger partial charge < -0.3 is 5.32 Å². The van der Waals surface area contributed by atoms with E-state index in [9.17, 15) is 13.2 Å². The van der Waals surface area contributed by atoms with E-state index in [0.29, 0.717) is 36.4 Å². The smallest absolute Gasteiger partial charge is 0.253 e. The first-order valence-corrected chi connectivity index (χ1v) is 10.6. The molecule has 0 unspecified atom stereocenters. The number of carbonyl (C=O) groups is 1. The van der Waals surface area contributed by atoms with Crippen LogP contribution in [0.4, 0.5) is 0 Å². The van der Waals surface area contributed by atoms with Crippen LogP contribution in [-0.2, 0) is 10.0 Å². The molecule has 1 N–H and O–H groups in total.